The molecule has 1 aliphatic heterocycles. The molecule has 0 saturated carbocycles. The van der Waals surface area contributed by atoms with Crippen LogP contribution < -0.4 is 10.4 Å². The molecule has 4 nitrogen and oxygen atoms in total. The number of hydrogen-bond acceptors (Lipinski definition) is 4. The third-order valence-electron chi connectivity index (χ3n) is 10.0. The zero-order chi connectivity index (χ0) is 30.2. The summed E-state index contributed by atoms with van der Waals surface area (Å²) in [6.45, 7) is 19.0. The van der Waals surface area contributed by atoms with Crippen molar-refractivity contribution in [2.24, 2.45) is 10.8 Å². The van der Waals surface area contributed by atoms with Gasteiger partial charge in [-0.1, -0.05) is 65.9 Å². The second-order valence-corrected chi connectivity index (χ2v) is 16.8. The predicted molar refractivity (Wildman–Crippen MR) is 176 cm³/mol. The van der Waals surface area contributed by atoms with Crippen LogP contribution in [0, 0.1) is 23.8 Å². The van der Waals surface area contributed by atoms with Gasteiger partial charge in [-0.25, -0.2) is 0 Å². The van der Waals surface area contributed by atoms with Crippen LogP contribution in [0.3, 0.4) is 0 Å². The van der Waals surface area contributed by atoms with E-state index in [9.17, 15) is 9.90 Å². The molecule has 0 atom stereocenters. The standard InChI is InChI=1S/C21H17N2Si.C15H28O2.Ir/c1-13-17-12-19-20-15(14(17)8-10-22-13)9-11-23-21(20)16-6-4-5-7-18(16)24(19,2)3;1-7-14(5,8-2)12(16)11-13(17)15(6,9-3)10-4;/h4-5,7-12H,1-3H3;11,16H,7-10H2,1-6H3;/q-1;;/b;12-11-;. The number of aliphatic hydroxyl groups excluding tert-OH is 1. The number of allylic oxidation sites excluding steroid dienone is 2. The number of nitrogens with zero attached hydrogens (tertiary/aromatic N) is 2. The van der Waals surface area contributed by atoms with E-state index in [0.717, 1.165) is 37.1 Å². The van der Waals surface area contributed by atoms with Crippen LogP contribution in [-0.2, 0) is 24.9 Å². The summed E-state index contributed by atoms with van der Waals surface area (Å²) in [5.74, 6) is 0.286. The maximum Gasteiger partial charge on any atom is 0.164 e. The number of pyridine rings is 2. The topological polar surface area (TPSA) is 63.1 Å². The smallest absolute Gasteiger partial charge is 0.164 e. The summed E-state index contributed by atoms with van der Waals surface area (Å²) in [4.78, 5) is 21.4. The van der Waals surface area contributed by atoms with Gasteiger partial charge in [-0.15, -0.1) is 35.0 Å². The molecule has 42 heavy (non-hydrogen) atoms. The van der Waals surface area contributed by atoms with Gasteiger partial charge in [0.05, 0.1) is 8.07 Å². The number of aromatic nitrogens is 2. The van der Waals surface area contributed by atoms with Crippen molar-refractivity contribution in [1.82, 2.24) is 9.97 Å². The van der Waals surface area contributed by atoms with E-state index in [2.05, 4.69) is 61.4 Å². The molecule has 4 aromatic rings. The Hall–Kier alpha value is -2.66. The van der Waals surface area contributed by atoms with E-state index >= 15 is 0 Å². The molecule has 6 heteroatoms. The number of aliphatic hydroxyl groups is 1. The minimum absolute atomic E-state index is 0. The molecule has 0 bridgehead atoms. The van der Waals surface area contributed by atoms with Crippen molar-refractivity contribution < 1.29 is 30.0 Å². The molecule has 2 aromatic heterocycles. The van der Waals surface area contributed by atoms with E-state index in [1.165, 1.54) is 43.6 Å². The first kappa shape index (κ1) is 33.8. The Balaban J connectivity index is 0.000000242. The van der Waals surface area contributed by atoms with Crippen LogP contribution in [0.2, 0.25) is 13.1 Å². The zero-order valence-corrected chi connectivity index (χ0v) is 30.0. The summed E-state index contributed by atoms with van der Waals surface area (Å²) in [6.07, 6.45) is 8.59. The third-order valence-corrected chi connectivity index (χ3v) is 13.5. The van der Waals surface area contributed by atoms with E-state index in [0.29, 0.717) is 0 Å². The van der Waals surface area contributed by atoms with Crippen molar-refractivity contribution >= 4 is 45.8 Å². The first-order valence-corrected chi connectivity index (χ1v) is 18.0. The molecule has 0 amide bonds. The van der Waals surface area contributed by atoms with E-state index in [1.54, 1.807) is 0 Å². The maximum absolute atomic E-state index is 12.2. The minimum atomic E-state index is -1.80. The van der Waals surface area contributed by atoms with Crippen LogP contribution >= 0.6 is 0 Å². The molecular formula is C36H45IrN2O2Si-. The molecule has 1 N–H and O–H groups in total. The van der Waals surface area contributed by atoms with Gasteiger partial charge in [0.1, 0.15) is 5.76 Å². The average molecular weight is 758 g/mol. The zero-order valence-electron chi connectivity index (χ0n) is 26.6. The SMILES string of the molecule is CCC(C)(CC)C(=O)/C=C(\O)C(C)(CC)CC.Cc1nccc2c1cc1c3c(nccc32)-c2[c-]cccc2[Si]1(C)C.[Ir]. The fourth-order valence-electron chi connectivity index (χ4n) is 5.83. The van der Waals surface area contributed by atoms with Crippen LogP contribution in [0.1, 0.15) is 72.9 Å². The molecule has 0 unspecified atom stereocenters. The molecule has 1 radical (unpaired) electrons. The van der Waals surface area contributed by atoms with Gasteiger partial charge in [-0.3, -0.25) is 9.78 Å². The fraction of sp³-hybridized carbons (Fsp3) is 0.417. The minimum Gasteiger partial charge on any atom is -0.512 e. The largest absolute Gasteiger partial charge is 0.512 e. The van der Waals surface area contributed by atoms with Crippen LogP contribution in [-0.4, -0.2) is 28.9 Å². The Morgan fingerprint density at radius 3 is 2.12 bits per heavy atom. The van der Waals surface area contributed by atoms with Crippen molar-refractivity contribution in [1.29, 1.82) is 0 Å². The van der Waals surface area contributed by atoms with Gasteiger partial charge in [-0.2, -0.15) is 0 Å². The number of aryl methyl sites for hydroxylation is 1. The molecular weight excluding hydrogens is 713 g/mol. The van der Waals surface area contributed by atoms with Crippen molar-refractivity contribution in [2.75, 3.05) is 0 Å². The second-order valence-electron chi connectivity index (χ2n) is 12.5. The summed E-state index contributed by atoms with van der Waals surface area (Å²) in [6, 6.07) is 16.5. The van der Waals surface area contributed by atoms with Gasteiger partial charge in [-0.05, 0) is 66.6 Å². The second kappa shape index (κ2) is 12.9. The molecule has 2 aromatic carbocycles. The van der Waals surface area contributed by atoms with E-state index in [4.69, 9.17) is 4.98 Å². The maximum atomic E-state index is 12.2. The fourth-order valence-corrected chi connectivity index (χ4v) is 8.84. The van der Waals surface area contributed by atoms with Gasteiger partial charge < -0.3 is 10.1 Å². The number of hydrogen-bond donors (Lipinski definition) is 1. The average Bonchev–Trinajstić information content (AvgIpc) is 2.99. The number of rotatable bonds is 7. The Morgan fingerprint density at radius 1 is 0.905 bits per heavy atom. The van der Waals surface area contributed by atoms with E-state index in [1.807, 2.05) is 60.0 Å². The first-order valence-electron chi connectivity index (χ1n) is 15.0. The number of carbonyl (C=O) groups excluding carboxylic acids is 1. The number of fused-ring (bicyclic) bond motifs is 4. The third kappa shape index (κ3) is 5.78. The Bertz CT molecular complexity index is 1630. The monoisotopic (exact) mass is 758 g/mol. The Morgan fingerprint density at radius 2 is 1.50 bits per heavy atom. The summed E-state index contributed by atoms with van der Waals surface area (Å²) >= 11 is 0. The predicted octanol–water partition coefficient (Wildman–Crippen LogP) is 8.34. The van der Waals surface area contributed by atoms with Crippen molar-refractivity contribution in [2.45, 2.75) is 87.2 Å². The molecule has 0 spiro atoms. The molecule has 0 fully saturated rings. The van der Waals surface area contributed by atoms with E-state index in [-0.39, 0.29) is 42.5 Å². The van der Waals surface area contributed by atoms with Gasteiger partial charge in [0.15, 0.2) is 5.78 Å². The van der Waals surface area contributed by atoms with Gasteiger partial charge in [0, 0.05) is 60.5 Å². The van der Waals surface area contributed by atoms with Crippen LogP contribution in [0.5, 0.6) is 0 Å². The number of benzene rings is 2. The normalized spacial score (nSPS) is 14.1. The van der Waals surface area contributed by atoms with Gasteiger partial charge in [0.2, 0.25) is 0 Å². The molecule has 0 saturated heterocycles. The molecule has 3 heterocycles. The van der Waals surface area contributed by atoms with Crippen molar-refractivity contribution in [3.63, 3.8) is 0 Å². The first-order chi connectivity index (χ1) is 19.4. The van der Waals surface area contributed by atoms with Gasteiger partial charge >= 0.3 is 0 Å². The summed E-state index contributed by atoms with van der Waals surface area (Å²) in [5.41, 5.74) is 2.77. The Labute approximate surface area is 266 Å². The molecule has 5 rings (SSSR count). The summed E-state index contributed by atoms with van der Waals surface area (Å²) in [7, 11) is -1.80. The molecule has 1 aliphatic rings. The van der Waals surface area contributed by atoms with E-state index < -0.39 is 8.07 Å². The molecule has 225 valence electrons. The Kier molecular flexibility index (Phi) is 10.4. The number of carbonyl (C=O) groups is 1. The van der Waals surface area contributed by atoms with Crippen LogP contribution in [0.25, 0.3) is 32.8 Å². The summed E-state index contributed by atoms with van der Waals surface area (Å²) < 4.78 is 0. The van der Waals surface area contributed by atoms with Crippen molar-refractivity contribution in [3.8, 4) is 11.3 Å². The number of ketones is 1. The van der Waals surface area contributed by atoms with Crippen molar-refractivity contribution in [3.05, 3.63) is 72.4 Å². The van der Waals surface area contributed by atoms with Gasteiger partial charge in [0.25, 0.3) is 0 Å². The molecule has 0 aliphatic carbocycles. The van der Waals surface area contributed by atoms with Crippen LogP contribution in [0.4, 0.5) is 0 Å². The quantitative estimate of drug-likeness (QED) is 0.0678. The van der Waals surface area contributed by atoms with Crippen LogP contribution in [0.15, 0.2) is 60.6 Å². The summed E-state index contributed by atoms with van der Waals surface area (Å²) in [5, 5.41) is 18.2.